The van der Waals surface area contributed by atoms with Gasteiger partial charge in [0.05, 0.1) is 0 Å². The molecule has 1 unspecified atom stereocenters. The van der Waals surface area contributed by atoms with E-state index in [0.29, 0.717) is 5.92 Å². The van der Waals surface area contributed by atoms with Crippen molar-refractivity contribution >= 4 is 5.69 Å². The van der Waals surface area contributed by atoms with Crippen molar-refractivity contribution in [2.45, 2.75) is 45.4 Å². The van der Waals surface area contributed by atoms with Gasteiger partial charge in [0.15, 0.2) is 0 Å². The van der Waals surface area contributed by atoms with Gasteiger partial charge in [-0.15, -0.1) is 0 Å². The highest BCUT2D eigenvalue weighted by Crippen LogP contribution is 2.31. The van der Waals surface area contributed by atoms with E-state index in [9.17, 15) is 0 Å². The lowest BCUT2D eigenvalue weighted by Crippen LogP contribution is -2.31. The number of hydrogen-bond donors (Lipinski definition) is 1. The number of para-hydroxylation sites is 1. The zero-order valence-corrected chi connectivity index (χ0v) is 12.5. The lowest BCUT2D eigenvalue weighted by atomic mass is 10.0. The summed E-state index contributed by atoms with van der Waals surface area (Å²) in [6.07, 6.45) is 5.24. The molecule has 1 aromatic rings. The van der Waals surface area contributed by atoms with E-state index in [4.69, 9.17) is 0 Å². The summed E-state index contributed by atoms with van der Waals surface area (Å²) in [6, 6.07) is 8.79. The van der Waals surface area contributed by atoms with Gasteiger partial charge in [0, 0.05) is 24.7 Å². The molecule has 106 valence electrons. The number of nitrogens with zero attached hydrogens (tertiary/aromatic N) is 1. The molecule has 0 fully saturated rings. The van der Waals surface area contributed by atoms with Gasteiger partial charge in [-0.1, -0.05) is 44.9 Å². The molecule has 0 saturated heterocycles. The fraction of sp³-hybridized carbons (Fsp3) is 0.647. The summed E-state index contributed by atoms with van der Waals surface area (Å²) in [5.74, 6) is 0.671. The van der Waals surface area contributed by atoms with Gasteiger partial charge in [0.2, 0.25) is 0 Å². The number of unbranched alkanes of at least 4 members (excludes halogenated alkanes) is 2. The van der Waals surface area contributed by atoms with Crippen LogP contribution in [0.4, 0.5) is 5.69 Å². The molecule has 1 N–H and O–H groups in total. The van der Waals surface area contributed by atoms with Crippen LogP contribution in [0.15, 0.2) is 24.3 Å². The first-order valence-corrected chi connectivity index (χ1v) is 7.90. The van der Waals surface area contributed by atoms with E-state index in [1.165, 1.54) is 56.6 Å². The lowest BCUT2D eigenvalue weighted by Gasteiger charge is -2.25. The molecule has 0 amide bonds. The first kappa shape index (κ1) is 14.4. The average molecular weight is 260 g/mol. The molecule has 0 bridgehead atoms. The summed E-state index contributed by atoms with van der Waals surface area (Å²) < 4.78 is 0. The van der Waals surface area contributed by atoms with Crippen LogP contribution in [0.2, 0.25) is 0 Å². The van der Waals surface area contributed by atoms with Crippen LogP contribution < -0.4 is 5.32 Å². The number of hydrogen-bond acceptors (Lipinski definition) is 2. The zero-order chi connectivity index (χ0) is 13.5. The van der Waals surface area contributed by atoms with E-state index < -0.39 is 0 Å². The predicted molar refractivity (Wildman–Crippen MR) is 83.9 cm³/mol. The molecular weight excluding hydrogens is 232 g/mol. The highest BCUT2D eigenvalue weighted by Gasteiger charge is 2.23. The fourth-order valence-electron chi connectivity index (χ4n) is 2.89. The van der Waals surface area contributed by atoms with E-state index >= 15 is 0 Å². The lowest BCUT2D eigenvalue weighted by molar-refractivity contribution is 0.253. The van der Waals surface area contributed by atoms with E-state index in [2.05, 4.69) is 48.3 Å². The Morgan fingerprint density at radius 1 is 1.11 bits per heavy atom. The summed E-state index contributed by atoms with van der Waals surface area (Å²) in [4.78, 5) is 2.67. The Morgan fingerprint density at radius 3 is 2.47 bits per heavy atom. The Hall–Kier alpha value is -1.02. The molecule has 2 rings (SSSR count). The zero-order valence-electron chi connectivity index (χ0n) is 12.5. The minimum atomic E-state index is 0.671. The first-order valence-electron chi connectivity index (χ1n) is 7.90. The number of benzene rings is 1. The van der Waals surface area contributed by atoms with Crippen LogP contribution in [0.3, 0.4) is 0 Å². The summed E-state index contributed by atoms with van der Waals surface area (Å²) in [5.41, 5.74) is 2.86. The Kier molecular flexibility index (Phi) is 5.71. The van der Waals surface area contributed by atoms with Crippen molar-refractivity contribution in [1.29, 1.82) is 0 Å². The second kappa shape index (κ2) is 7.54. The molecule has 1 aromatic carbocycles. The van der Waals surface area contributed by atoms with Gasteiger partial charge >= 0.3 is 0 Å². The van der Waals surface area contributed by atoms with Crippen molar-refractivity contribution in [3.05, 3.63) is 29.8 Å². The molecule has 1 atom stereocenters. The third-order valence-electron chi connectivity index (χ3n) is 4.07. The van der Waals surface area contributed by atoms with E-state index in [-0.39, 0.29) is 0 Å². The van der Waals surface area contributed by atoms with Gasteiger partial charge < -0.3 is 10.2 Å². The number of fused-ring (bicyclic) bond motifs is 1. The first-order chi connectivity index (χ1) is 9.35. The largest absolute Gasteiger partial charge is 0.384 e. The minimum Gasteiger partial charge on any atom is -0.384 e. The van der Waals surface area contributed by atoms with Crippen LogP contribution in [0.1, 0.15) is 51.0 Å². The molecule has 2 heteroatoms. The molecule has 0 aliphatic carbocycles. The minimum absolute atomic E-state index is 0.671. The maximum absolute atomic E-state index is 3.54. The van der Waals surface area contributed by atoms with Gasteiger partial charge in [-0.2, -0.15) is 0 Å². The monoisotopic (exact) mass is 260 g/mol. The van der Waals surface area contributed by atoms with Crippen molar-refractivity contribution in [2.75, 3.05) is 31.5 Å². The third-order valence-corrected chi connectivity index (χ3v) is 4.07. The predicted octanol–water partition coefficient (Wildman–Crippen LogP) is 4.10. The van der Waals surface area contributed by atoms with E-state index in [0.717, 1.165) is 6.54 Å². The van der Waals surface area contributed by atoms with Crippen LogP contribution >= 0.6 is 0 Å². The molecule has 0 spiro atoms. The molecule has 0 radical (unpaired) electrons. The van der Waals surface area contributed by atoms with Gasteiger partial charge in [0.25, 0.3) is 0 Å². The molecule has 2 nitrogen and oxygen atoms in total. The van der Waals surface area contributed by atoms with Crippen molar-refractivity contribution in [3.8, 4) is 0 Å². The number of anilines is 1. The Labute approximate surface area is 118 Å². The summed E-state index contributed by atoms with van der Waals surface area (Å²) in [5, 5.41) is 3.54. The summed E-state index contributed by atoms with van der Waals surface area (Å²) in [6.45, 7) is 9.40. The second-order valence-corrected chi connectivity index (χ2v) is 5.67. The standard InChI is InChI=1S/C17H28N2/c1-3-5-11-19(12-6-4-2)14-15-13-18-17-10-8-7-9-16(15)17/h7-10,15,18H,3-6,11-14H2,1-2H3. The number of rotatable bonds is 8. The van der Waals surface area contributed by atoms with Gasteiger partial charge in [-0.3, -0.25) is 0 Å². The number of nitrogens with one attached hydrogen (secondary N) is 1. The molecule has 0 aromatic heterocycles. The van der Waals surface area contributed by atoms with Crippen molar-refractivity contribution < 1.29 is 0 Å². The Balaban J connectivity index is 1.93. The molecule has 1 heterocycles. The molecular formula is C17H28N2. The fourth-order valence-corrected chi connectivity index (χ4v) is 2.89. The third kappa shape index (κ3) is 3.97. The quantitative estimate of drug-likeness (QED) is 0.757. The molecule has 1 aliphatic rings. The maximum Gasteiger partial charge on any atom is 0.0376 e. The molecule has 0 saturated carbocycles. The van der Waals surface area contributed by atoms with E-state index in [1.54, 1.807) is 0 Å². The normalized spacial score (nSPS) is 17.5. The van der Waals surface area contributed by atoms with Gasteiger partial charge in [-0.05, 0) is 37.6 Å². The summed E-state index contributed by atoms with van der Waals surface area (Å²) >= 11 is 0. The molecule has 19 heavy (non-hydrogen) atoms. The maximum atomic E-state index is 3.54. The topological polar surface area (TPSA) is 15.3 Å². The summed E-state index contributed by atoms with van der Waals surface area (Å²) in [7, 11) is 0. The van der Waals surface area contributed by atoms with Crippen molar-refractivity contribution in [2.24, 2.45) is 0 Å². The van der Waals surface area contributed by atoms with Crippen LogP contribution in [-0.4, -0.2) is 31.1 Å². The smallest absolute Gasteiger partial charge is 0.0376 e. The SMILES string of the molecule is CCCCN(CCCC)CC1CNc2ccccc21. The van der Waals surface area contributed by atoms with Gasteiger partial charge in [0.1, 0.15) is 0 Å². The van der Waals surface area contributed by atoms with Crippen LogP contribution in [0.5, 0.6) is 0 Å². The van der Waals surface area contributed by atoms with Crippen molar-refractivity contribution in [3.63, 3.8) is 0 Å². The van der Waals surface area contributed by atoms with Crippen LogP contribution in [-0.2, 0) is 0 Å². The van der Waals surface area contributed by atoms with E-state index in [1.807, 2.05) is 0 Å². The second-order valence-electron chi connectivity index (χ2n) is 5.67. The average Bonchev–Trinajstić information content (AvgIpc) is 2.85. The highest BCUT2D eigenvalue weighted by molar-refractivity contribution is 5.57. The van der Waals surface area contributed by atoms with Crippen LogP contribution in [0, 0.1) is 0 Å². The van der Waals surface area contributed by atoms with Crippen molar-refractivity contribution in [1.82, 2.24) is 4.90 Å². The molecule has 1 aliphatic heterocycles. The Morgan fingerprint density at radius 2 is 1.79 bits per heavy atom. The highest BCUT2D eigenvalue weighted by atomic mass is 15.1. The Bertz CT molecular complexity index is 367. The van der Waals surface area contributed by atoms with Gasteiger partial charge in [-0.25, -0.2) is 0 Å². The van der Waals surface area contributed by atoms with Crippen LogP contribution in [0.25, 0.3) is 0 Å².